The van der Waals surface area contributed by atoms with Crippen molar-refractivity contribution in [3.8, 4) is 6.07 Å². The molecule has 3 N–H and O–H groups in total. The van der Waals surface area contributed by atoms with Gasteiger partial charge in [0, 0.05) is 6.42 Å². The Labute approximate surface area is 126 Å². The lowest BCUT2D eigenvalue weighted by atomic mass is 9.71. The smallest absolute Gasteiger partial charge is 0.225 e. The normalized spacial score (nSPS) is 17.0. The van der Waals surface area contributed by atoms with Crippen molar-refractivity contribution in [2.24, 2.45) is 11.1 Å². The van der Waals surface area contributed by atoms with Crippen molar-refractivity contribution in [1.29, 1.82) is 5.26 Å². The first kappa shape index (κ1) is 15.5. The second kappa shape index (κ2) is 6.73. The van der Waals surface area contributed by atoms with Crippen molar-refractivity contribution >= 4 is 11.6 Å². The van der Waals surface area contributed by atoms with Gasteiger partial charge in [0.15, 0.2) is 0 Å². The lowest BCUT2D eigenvalue weighted by molar-refractivity contribution is -0.118. The van der Waals surface area contributed by atoms with Crippen LogP contribution in [-0.4, -0.2) is 12.5 Å². The summed E-state index contributed by atoms with van der Waals surface area (Å²) in [5.41, 5.74) is 7.89. The van der Waals surface area contributed by atoms with Crippen LogP contribution in [0.2, 0.25) is 0 Å². The van der Waals surface area contributed by atoms with Gasteiger partial charge in [-0.2, -0.15) is 5.26 Å². The third-order valence-corrected chi connectivity index (χ3v) is 4.54. The van der Waals surface area contributed by atoms with E-state index in [1.807, 2.05) is 19.1 Å². The number of anilines is 1. The fourth-order valence-electron chi connectivity index (χ4n) is 3.21. The number of carbonyl (C=O) groups is 1. The number of hydrogen-bond acceptors (Lipinski definition) is 3. The minimum atomic E-state index is -0.0566. The van der Waals surface area contributed by atoms with Gasteiger partial charge in [-0.25, -0.2) is 0 Å². The molecule has 4 nitrogen and oxygen atoms in total. The Balaban J connectivity index is 2.08. The molecule has 4 heteroatoms. The second-order valence-electron chi connectivity index (χ2n) is 6.10. The first-order chi connectivity index (χ1) is 10.1. The zero-order valence-electron chi connectivity index (χ0n) is 12.6. The molecule has 0 bridgehead atoms. The van der Waals surface area contributed by atoms with Crippen molar-refractivity contribution in [1.82, 2.24) is 0 Å². The molecule has 0 unspecified atom stereocenters. The summed E-state index contributed by atoms with van der Waals surface area (Å²) in [4.78, 5) is 12.3. The van der Waals surface area contributed by atoms with Crippen LogP contribution in [0.4, 0.5) is 5.69 Å². The molecular formula is C17H23N3O. The van der Waals surface area contributed by atoms with Crippen LogP contribution in [-0.2, 0) is 4.79 Å². The van der Waals surface area contributed by atoms with E-state index in [0.29, 0.717) is 24.2 Å². The van der Waals surface area contributed by atoms with Crippen molar-refractivity contribution < 1.29 is 4.79 Å². The molecule has 1 aromatic carbocycles. The van der Waals surface area contributed by atoms with Crippen LogP contribution in [0.1, 0.15) is 49.7 Å². The number of nitriles is 1. The van der Waals surface area contributed by atoms with E-state index in [4.69, 9.17) is 5.73 Å². The first-order valence-corrected chi connectivity index (χ1v) is 7.60. The molecule has 1 fully saturated rings. The first-order valence-electron chi connectivity index (χ1n) is 7.60. The number of nitrogens with two attached hydrogens (primary N) is 1. The highest BCUT2D eigenvalue weighted by molar-refractivity contribution is 5.92. The third-order valence-electron chi connectivity index (χ3n) is 4.54. The van der Waals surface area contributed by atoms with Gasteiger partial charge >= 0.3 is 0 Å². The highest BCUT2D eigenvalue weighted by Crippen LogP contribution is 2.38. The number of nitrogens with one attached hydrogen (secondary N) is 1. The molecule has 0 aromatic heterocycles. The topological polar surface area (TPSA) is 78.9 Å². The molecule has 1 aromatic rings. The van der Waals surface area contributed by atoms with Crippen LogP contribution >= 0.6 is 0 Å². The van der Waals surface area contributed by atoms with Gasteiger partial charge in [0.05, 0.1) is 11.3 Å². The minimum Gasteiger partial charge on any atom is -0.330 e. The molecule has 0 atom stereocenters. The number of rotatable bonds is 4. The zero-order valence-corrected chi connectivity index (χ0v) is 12.6. The van der Waals surface area contributed by atoms with Gasteiger partial charge in [-0.3, -0.25) is 4.79 Å². The van der Waals surface area contributed by atoms with Gasteiger partial charge < -0.3 is 11.1 Å². The lowest BCUT2D eigenvalue weighted by Crippen LogP contribution is -2.36. The van der Waals surface area contributed by atoms with E-state index >= 15 is 0 Å². The molecule has 0 saturated heterocycles. The standard InChI is InChI=1S/C17H23N3O/c1-13-6-5-7-15(14(13)11-18)20-16(21)10-17(12-19)8-3-2-4-9-17/h5-7H,2-4,8-10,12,19H2,1H3,(H,20,21). The molecule has 112 valence electrons. The molecule has 1 aliphatic carbocycles. The van der Waals surface area contributed by atoms with Crippen molar-refractivity contribution in [3.05, 3.63) is 29.3 Å². The van der Waals surface area contributed by atoms with E-state index in [2.05, 4.69) is 11.4 Å². The summed E-state index contributed by atoms with van der Waals surface area (Å²) in [5, 5.41) is 12.1. The van der Waals surface area contributed by atoms with Gasteiger partial charge in [-0.15, -0.1) is 0 Å². The maximum Gasteiger partial charge on any atom is 0.225 e. The number of carbonyl (C=O) groups excluding carboxylic acids is 1. The van der Waals surface area contributed by atoms with Crippen LogP contribution in [0.3, 0.4) is 0 Å². The van der Waals surface area contributed by atoms with Gasteiger partial charge in [0.25, 0.3) is 0 Å². The Kier molecular flexibility index (Phi) is 4.98. The molecule has 1 amide bonds. The average Bonchev–Trinajstić information content (AvgIpc) is 2.48. The molecule has 0 radical (unpaired) electrons. The van der Waals surface area contributed by atoms with Crippen molar-refractivity contribution in [3.63, 3.8) is 0 Å². The van der Waals surface area contributed by atoms with E-state index in [1.54, 1.807) is 6.07 Å². The molecule has 0 aliphatic heterocycles. The summed E-state index contributed by atoms with van der Waals surface area (Å²) >= 11 is 0. The second-order valence-corrected chi connectivity index (χ2v) is 6.10. The summed E-state index contributed by atoms with van der Waals surface area (Å²) in [5.74, 6) is -0.0375. The van der Waals surface area contributed by atoms with Gasteiger partial charge in [0.1, 0.15) is 6.07 Å². The van der Waals surface area contributed by atoms with Crippen LogP contribution in [0.5, 0.6) is 0 Å². The van der Waals surface area contributed by atoms with E-state index in [9.17, 15) is 10.1 Å². The Morgan fingerprint density at radius 1 is 1.38 bits per heavy atom. The monoisotopic (exact) mass is 285 g/mol. The lowest BCUT2D eigenvalue weighted by Gasteiger charge is -2.35. The molecule has 2 rings (SSSR count). The quantitative estimate of drug-likeness (QED) is 0.892. The summed E-state index contributed by atoms with van der Waals surface area (Å²) in [6, 6.07) is 7.66. The largest absolute Gasteiger partial charge is 0.330 e. The molecule has 0 heterocycles. The molecule has 0 spiro atoms. The Morgan fingerprint density at radius 2 is 2.10 bits per heavy atom. The van der Waals surface area contributed by atoms with E-state index < -0.39 is 0 Å². The summed E-state index contributed by atoms with van der Waals surface area (Å²) < 4.78 is 0. The van der Waals surface area contributed by atoms with Crippen LogP contribution in [0, 0.1) is 23.7 Å². The third kappa shape index (κ3) is 3.62. The van der Waals surface area contributed by atoms with Crippen molar-refractivity contribution in [2.75, 3.05) is 11.9 Å². The number of nitrogens with zero attached hydrogens (tertiary/aromatic N) is 1. The minimum absolute atomic E-state index is 0.0375. The van der Waals surface area contributed by atoms with Crippen LogP contribution < -0.4 is 11.1 Å². The maximum absolute atomic E-state index is 12.3. The molecule has 21 heavy (non-hydrogen) atoms. The number of amides is 1. The Morgan fingerprint density at radius 3 is 2.71 bits per heavy atom. The predicted octanol–water partition coefficient (Wildman–Crippen LogP) is 3.10. The highest BCUT2D eigenvalue weighted by Gasteiger charge is 2.33. The van der Waals surface area contributed by atoms with E-state index in [1.165, 1.54) is 6.42 Å². The van der Waals surface area contributed by atoms with E-state index in [-0.39, 0.29) is 11.3 Å². The fourth-order valence-corrected chi connectivity index (χ4v) is 3.21. The number of benzene rings is 1. The van der Waals surface area contributed by atoms with Crippen LogP contribution in [0.25, 0.3) is 0 Å². The summed E-state index contributed by atoms with van der Waals surface area (Å²) in [7, 11) is 0. The molecule has 1 saturated carbocycles. The van der Waals surface area contributed by atoms with Gasteiger partial charge in [0.2, 0.25) is 5.91 Å². The summed E-state index contributed by atoms with van der Waals surface area (Å²) in [6.07, 6.45) is 6.03. The van der Waals surface area contributed by atoms with Crippen molar-refractivity contribution in [2.45, 2.75) is 45.4 Å². The molecule has 1 aliphatic rings. The average molecular weight is 285 g/mol. The highest BCUT2D eigenvalue weighted by atomic mass is 16.1. The SMILES string of the molecule is Cc1cccc(NC(=O)CC2(CN)CCCCC2)c1C#N. The summed E-state index contributed by atoms with van der Waals surface area (Å²) in [6.45, 7) is 2.43. The predicted molar refractivity (Wildman–Crippen MR) is 83.7 cm³/mol. The molecular weight excluding hydrogens is 262 g/mol. The number of aryl methyl sites for hydroxylation is 1. The zero-order chi connectivity index (χ0) is 15.3. The maximum atomic E-state index is 12.3. The number of hydrogen-bond donors (Lipinski definition) is 2. The van der Waals surface area contributed by atoms with E-state index in [0.717, 1.165) is 31.2 Å². The van der Waals surface area contributed by atoms with Gasteiger partial charge in [-0.1, -0.05) is 31.4 Å². The fraction of sp³-hybridized carbons (Fsp3) is 0.529. The Bertz CT molecular complexity index is 554. The van der Waals surface area contributed by atoms with Gasteiger partial charge in [-0.05, 0) is 43.4 Å². The Hall–Kier alpha value is -1.86. The van der Waals surface area contributed by atoms with Crippen LogP contribution in [0.15, 0.2) is 18.2 Å².